The van der Waals surface area contributed by atoms with Crippen LogP contribution in [0.4, 0.5) is 0 Å². The number of rotatable bonds is 3. The summed E-state index contributed by atoms with van der Waals surface area (Å²) in [6.07, 6.45) is 3.33. The van der Waals surface area contributed by atoms with Crippen LogP contribution >= 0.6 is 11.3 Å². The Morgan fingerprint density at radius 2 is 2.27 bits per heavy atom. The van der Waals surface area contributed by atoms with Crippen molar-refractivity contribution in [3.63, 3.8) is 0 Å². The molecule has 1 N–H and O–H groups in total. The van der Waals surface area contributed by atoms with Crippen LogP contribution in [0, 0.1) is 5.92 Å². The third-order valence-electron chi connectivity index (χ3n) is 3.05. The Hall–Kier alpha value is -0.830. The molecule has 0 spiro atoms. The molecule has 1 aromatic rings. The Kier molecular flexibility index (Phi) is 2.83. The van der Waals surface area contributed by atoms with E-state index >= 15 is 0 Å². The van der Waals surface area contributed by atoms with Crippen molar-refractivity contribution in [1.82, 2.24) is 5.32 Å². The Balaban J connectivity index is 2.00. The fourth-order valence-electron chi connectivity index (χ4n) is 1.78. The molecule has 0 saturated heterocycles. The minimum absolute atomic E-state index is 0.221. The number of amides is 1. The maximum Gasteiger partial charge on any atom is 0.223 e. The summed E-state index contributed by atoms with van der Waals surface area (Å²) in [5, 5.41) is 5.18. The highest BCUT2D eigenvalue weighted by Crippen LogP contribution is 2.29. The minimum Gasteiger partial charge on any atom is -0.346 e. The summed E-state index contributed by atoms with van der Waals surface area (Å²) in [6, 6.07) is 4.10. The van der Waals surface area contributed by atoms with Crippen LogP contribution in [0.2, 0.25) is 0 Å². The molecule has 1 heterocycles. The van der Waals surface area contributed by atoms with Gasteiger partial charge in [0.05, 0.1) is 5.54 Å². The second-order valence-electron chi connectivity index (χ2n) is 4.72. The maximum atomic E-state index is 11.8. The molecule has 0 unspecified atom stereocenters. The molecule has 1 amide bonds. The molecule has 1 aliphatic rings. The fourth-order valence-corrected chi connectivity index (χ4v) is 2.58. The standard InChI is InChI=1S/C12H17NOS/c1-12(2,10-7-4-8-15-10)13-11(14)9-5-3-6-9/h4,7-9H,3,5-6H2,1-2H3,(H,13,14). The third-order valence-corrected chi connectivity index (χ3v) is 4.24. The van der Waals surface area contributed by atoms with Gasteiger partial charge in [-0.15, -0.1) is 11.3 Å². The molecule has 0 aliphatic heterocycles. The zero-order valence-corrected chi connectivity index (χ0v) is 10.1. The Labute approximate surface area is 94.7 Å². The van der Waals surface area contributed by atoms with Gasteiger partial charge in [0.25, 0.3) is 0 Å². The van der Waals surface area contributed by atoms with Gasteiger partial charge in [-0.1, -0.05) is 12.5 Å². The topological polar surface area (TPSA) is 29.1 Å². The number of hydrogen-bond acceptors (Lipinski definition) is 2. The van der Waals surface area contributed by atoms with Crippen molar-refractivity contribution in [2.75, 3.05) is 0 Å². The summed E-state index contributed by atoms with van der Waals surface area (Å²) in [5.41, 5.74) is -0.221. The van der Waals surface area contributed by atoms with E-state index in [1.807, 2.05) is 11.4 Å². The fraction of sp³-hybridized carbons (Fsp3) is 0.583. The zero-order valence-electron chi connectivity index (χ0n) is 9.25. The zero-order chi connectivity index (χ0) is 10.9. The maximum absolute atomic E-state index is 11.8. The summed E-state index contributed by atoms with van der Waals surface area (Å²) in [5.74, 6) is 0.490. The van der Waals surface area contributed by atoms with E-state index in [1.165, 1.54) is 11.3 Å². The molecule has 2 nitrogen and oxygen atoms in total. The van der Waals surface area contributed by atoms with E-state index in [9.17, 15) is 4.79 Å². The molecule has 1 aliphatic carbocycles. The first-order chi connectivity index (χ1) is 7.09. The van der Waals surface area contributed by atoms with Crippen LogP contribution in [0.15, 0.2) is 17.5 Å². The van der Waals surface area contributed by atoms with E-state index in [4.69, 9.17) is 0 Å². The monoisotopic (exact) mass is 223 g/mol. The summed E-state index contributed by atoms with van der Waals surface area (Å²) in [4.78, 5) is 13.0. The summed E-state index contributed by atoms with van der Waals surface area (Å²) in [7, 11) is 0. The summed E-state index contributed by atoms with van der Waals surface area (Å²) < 4.78 is 0. The third kappa shape index (κ3) is 2.23. The second-order valence-corrected chi connectivity index (χ2v) is 5.67. The van der Waals surface area contributed by atoms with E-state index in [0.717, 1.165) is 12.8 Å². The molecule has 0 bridgehead atoms. The summed E-state index contributed by atoms with van der Waals surface area (Å²) in [6.45, 7) is 4.13. The Morgan fingerprint density at radius 3 is 2.73 bits per heavy atom. The van der Waals surface area contributed by atoms with Crippen molar-refractivity contribution >= 4 is 17.2 Å². The van der Waals surface area contributed by atoms with Gasteiger partial charge in [0.2, 0.25) is 5.91 Å². The van der Waals surface area contributed by atoms with Gasteiger partial charge < -0.3 is 5.32 Å². The minimum atomic E-state index is -0.221. The number of carbonyl (C=O) groups is 1. The molecule has 1 fully saturated rings. The van der Waals surface area contributed by atoms with E-state index in [2.05, 4.69) is 25.2 Å². The first-order valence-electron chi connectivity index (χ1n) is 5.45. The van der Waals surface area contributed by atoms with Gasteiger partial charge in [0.1, 0.15) is 0 Å². The molecule has 0 atom stereocenters. The molecule has 82 valence electrons. The SMILES string of the molecule is CC(C)(NC(=O)C1CCC1)c1cccs1. The van der Waals surface area contributed by atoms with Crippen LogP contribution in [0.5, 0.6) is 0 Å². The molecule has 3 heteroatoms. The highest BCUT2D eigenvalue weighted by molar-refractivity contribution is 7.10. The predicted molar refractivity (Wildman–Crippen MR) is 62.8 cm³/mol. The van der Waals surface area contributed by atoms with E-state index in [1.54, 1.807) is 11.3 Å². The smallest absolute Gasteiger partial charge is 0.223 e. The first-order valence-corrected chi connectivity index (χ1v) is 6.33. The highest BCUT2D eigenvalue weighted by atomic mass is 32.1. The number of carbonyl (C=O) groups excluding carboxylic acids is 1. The lowest BCUT2D eigenvalue weighted by Gasteiger charge is -2.31. The van der Waals surface area contributed by atoms with Gasteiger partial charge >= 0.3 is 0 Å². The first kappa shape index (κ1) is 10.7. The van der Waals surface area contributed by atoms with Crippen LogP contribution in [0.25, 0.3) is 0 Å². The highest BCUT2D eigenvalue weighted by Gasteiger charge is 2.30. The lowest BCUT2D eigenvalue weighted by atomic mass is 9.84. The molecule has 1 aromatic heterocycles. The summed E-state index contributed by atoms with van der Waals surface area (Å²) >= 11 is 1.69. The number of nitrogens with one attached hydrogen (secondary N) is 1. The van der Waals surface area contributed by atoms with Crippen LogP contribution < -0.4 is 5.32 Å². The second kappa shape index (κ2) is 3.97. The Morgan fingerprint density at radius 1 is 1.53 bits per heavy atom. The van der Waals surface area contributed by atoms with Crippen molar-refractivity contribution in [3.8, 4) is 0 Å². The molecule has 2 rings (SSSR count). The lowest BCUT2D eigenvalue weighted by Crippen LogP contribution is -2.45. The van der Waals surface area contributed by atoms with Gasteiger partial charge in [-0.3, -0.25) is 4.79 Å². The van der Waals surface area contributed by atoms with Crippen LogP contribution in [-0.4, -0.2) is 5.91 Å². The van der Waals surface area contributed by atoms with E-state index in [0.29, 0.717) is 0 Å². The molecular formula is C12H17NOS. The van der Waals surface area contributed by atoms with Crippen molar-refractivity contribution in [1.29, 1.82) is 0 Å². The van der Waals surface area contributed by atoms with Gasteiger partial charge in [-0.25, -0.2) is 0 Å². The van der Waals surface area contributed by atoms with Crippen LogP contribution in [-0.2, 0) is 10.3 Å². The lowest BCUT2D eigenvalue weighted by molar-refractivity contribution is -0.129. The Bertz CT molecular complexity index is 339. The molecule has 0 aromatic carbocycles. The van der Waals surface area contributed by atoms with Crippen LogP contribution in [0.3, 0.4) is 0 Å². The molecule has 15 heavy (non-hydrogen) atoms. The van der Waals surface area contributed by atoms with Crippen molar-refractivity contribution in [3.05, 3.63) is 22.4 Å². The van der Waals surface area contributed by atoms with Gasteiger partial charge in [-0.2, -0.15) is 0 Å². The average Bonchev–Trinajstić information content (AvgIpc) is 2.49. The molecule has 0 radical (unpaired) electrons. The quantitative estimate of drug-likeness (QED) is 0.838. The van der Waals surface area contributed by atoms with Gasteiger partial charge in [-0.05, 0) is 38.1 Å². The largest absolute Gasteiger partial charge is 0.346 e. The number of thiophene rings is 1. The average molecular weight is 223 g/mol. The normalized spacial score (nSPS) is 17.2. The van der Waals surface area contributed by atoms with Crippen LogP contribution in [0.1, 0.15) is 38.0 Å². The van der Waals surface area contributed by atoms with Crippen molar-refractivity contribution in [2.45, 2.75) is 38.6 Å². The van der Waals surface area contributed by atoms with Crippen molar-refractivity contribution in [2.24, 2.45) is 5.92 Å². The number of hydrogen-bond donors (Lipinski definition) is 1. The molecule has 1 saturated carbocycles. The molecular weight excluding hydrogens is 206 g/mol. The van der Waals surface area contributed by atoms with Gasteiger partial charge in [0.15, 0.2) is 0 Å². The van der Waals surface area contributed by atoms with Crippen molar-refractivity contribution < 1.29 is 4.79 Å². The predicted octanol–water partition coefficient (Wildman–Crippen LogP) is 2.90. The van der Waals surface area contributed by atoms with Gasteiger partial charge in [0, 0.05) is 10.8 Å². The van der Waals surface area contributed by atoms with E-state index < -0.39 is 0 Å². The van der Waals surface area contributed by atoms with E-state index in [-0.39, 0.29) is 17.4 Å².